The average Bonchev–Trinajstić information content (AvgIpc) is 3.64. The smallest absolute Gasteiger partial charge is 0.0714 e. The van der Waals surface area contributed by atoms with Crippen LogP contribution in [0.25, 0.3) is 33.0 Å². The number of anilines is 6. The van der Waals surface area contributed by atoms with Crippen LogP contribution in [0.15, 0.2) is 255 Å². The number of hydrogen-bond donors (Lipinski definition) is 0. The molecule has 0 fully saturated rings. The molecule has 0 atom stereocenters. The molecule has 0 heterocycles. The quantitative estimate of drug-likeness (QED) is 0.144. The molecule has 11 rings (SSSR count). The topological polar surface area (TPSA) is 6.48 Å². The predicted octanol–water partition coefficient (Wildman–Crippen LogP) is 15.8. The highest BCUT2D eigenvalue weighted by molar-refractivity contribution is 6.11. The maximum absolute atomic E-state index is 2.49. The molecule has 10 aromatic carbocycles. The van der Waals surface area contributed by atoms with E-state index in [0.717, 1.165) is 34.1 Å². The molecule has 0 saturated carbocycles. The first-order valence-electron chi connectivity index (χ1n) is 21.0. The molecule has 1 aliphatic rings. The van der Waals surface area contributed by atoms with Crippen LogP contribution in [0.4, 0.5) is 34.1 Å². The molecular formula is C59H42N2. The Morgan fingerprint density at radius 2 is 0.672 bits per heavy atom. The fraction of sp³-hybridized carbons (Fsp3) is 0.0169. The van der Waals surface area contributed by atoms with E-state index >= 15 is 0 Å². The van der Waals surface area contributed by atoms with Gasteiger partial charge in [-0.3, -0.25) is 0 Å². The van der Waals surface area contributed by atoms with Crippen molar-refractivity contribution in [3.8, 4) is 22.3 Å². The molecule has 1 aliphatic carbocycles. The summed E-state index contributed by atoms with van der Waals surface area (Å²) in [6.45, 7) is 0. The zero-order chi connectivity index (χ0) is 40.6. The van der Waals surface area contributed by atoms with Gasteiger partial charge < -0.3 is 9.80 Å². The Morgan fingerprint density at radius 3 is 1.16 bits per heavy atom. The van der Waals surface area contributed by atoms with Crippen LogP contribution in [0.2, 0.25) is 0 Å². The highest BCUT2D eigenvalue weighted by Crippen LogP contribution is 2.60. The summed E-state index contributed by atoms with van der Waals surface area (Å²) >= 11 is 0. The number of nitrogens with zero attached hydrogens (tertiary/aromatic N) is 2. The third kappa shape index (κ3) is 6.12. The Kier molecular flexibility index (Phi) is 9.09. The minimum Gasteiger partial charge on any atom is -0.311 e. The maximum atomic E-state index is 2.49. The minimum atomic E-state index is -0.613. The number of hydrogen-bond acceptors (Lipinski definition) is 2. The second-order valence-corrected chi connectivity index (χ2v) is 15.7. The van der Waals surface area contributed by atoms with Gasteiger partial charge in [0.15, 0.2) is 0 Å². The van der Waals surface area contributed by atoms with Crippen molar-refractivity contribution in [2.45, 2.75) is 5.41 Å². The molecule has 0 N–H and O–H groups in total. The van der Waals surface area contributed by atoms with E-state index in [1.54, 1.807) is 0 Å². The molecule has 2 heteroatoms. The van der Waals surface area contributed by atoms with Crippen molar-refractivity contribution in [3.05, 3.63) is 277 Å². The lowest BCUT2D eigenvalue weighted by Gasteiger charge is -2.35. The number of fused-ring (bicyclic) bond motifs is 5. The van der Waals surface area contributed by atoms with Crippen LogP contribution in [0.1, 0.15) is 22.3 Å². The molecule has 0 saturated heterocycles. The Morgan fingerprint density at radius 1 is 0.279 bits per heavy atom. The lowest BCUT2D eigenvalue weighted by atomic mass is 9.67. The normalized spacial score (nSPS) is 12.4. The van der Waals surface area contributed by atoms with E-state index in [9.17, 15) is 0 Å². The minimum absolute atomic E-state index is 0.613. The molecule has 0 amide bonds. The van der Waals surface area contributed by atoms with Crippen molar-refractivity contribution in [1.29, 1.82) is 0 Å². The fourth-order valence-corrected chi connectivity index (χ4v) is 9.67. The van der Waals surface area contributed by atoms with Gasteiger partial charge in [0, 0.05) is 33.8 Å². The van der Waals surface area contributed by atoms with E-state index < -0.39 is 5.41 Å². The maximum Gasteiger partial charge on any atom is 0.0714 e. The molecule has 10 aromatic rings. The number of benzene rings is 10. The van der Waals surface area contributed by atoms with Gasteiger partial charge in [0.1, 0.15) is 0 Å². The molecule has 0 spiro atoms. The van der Waals surface area contributed by atoms with Crippen LogP contribution in [0.5, 0.6) is 0 Å². The summed E-state index contributed by atoms with van der Waals surface area (Å²) in [6, 6.07) is 92.7. The van der Waals surface area contributed by atoms with Crippen molar-refractivity contribution >= 4 is 44.9 Å². The van der Waals surface area contributed by atoms with Gasteiger partial charge in [-0.15, -0.1) is 0 Å². The second kappa shape index (κ2) is 15.3. The fourth-order valence-electron chi connectivity index (χ4n) is 9.67. The Labute approximate surface area is 357 Å². The van der Waals surface area contributed by atoms with Crippen LogP contribution in [-0.2, 0) is 5.41 Å². The predicted molar refractivity (Wildman–Crippen MR) is 256 cm³/mol. The summed E-state index contributed by atoms with van der Waals surface area (Å²) in [7, 11) is 0. The Hall–Kier alpha value is -7.94. The molecule has 0 radical (unpaired) electrons. The molecule has 0 aromatic heterocycles. The van der Waals surface area contributed by atoms with E-state index in [1.807, 2.05) is 0 Å². The summed E-state index contributed by atoms with van der Waals surface area (Å²) in [5, 5.41) is 2.44. The molecule has 288 valence electrons. The first-order valence-corrected chi connectivity index (χ1v) is 21.0. The first-order chi connectivity index (χ1) is 30.3. The zero-order valence-corrected chi connectivity index (χ0v) is 33.6. The largest absolute Gasteiger partial charge is 0.311 e. The van der Waals surface area contributed by atoms with Gasteiger partial charge in [0.05, 0.1) is 11.1 Å². The van der Waals surface area contributed by atoms with E-state index in [2.05, 4.69) is 265 Å². The van der Waals surface area contributed by atoms with Crippen LogP contribution in [0.3, 0.4) is 0 Å². The van der Waals surface area contributed by atoms with Gasteiger partial charge in [0.25, 0.3) is 0 Å². The first kappa shape index (κ1) is 36.2. The third-order valence-electron chi connectivity index (χ3n) is 12.3. The summed E-state index contributed by atoms with van der Waals surface area (Å²) in [5.41, 5.74) is 16.0. The van der Waals surface area contributed by atoms with Crippen LogP contribution >= 0.6 is 0 Å². The zero-order valence-electron chi connectivity index (χ0n) is 33.6. The van der Waals surface area contributed by atoms with Crippen molar-refractivity contribution in [1.82, 2.24) is 0 Å². The summed E-state index contributed by atoms with van der Waals surface area (Å²) in [5.74, 6) is 0. The SMILES string of the molecule is c1ccc(N(c2ccccc2)c2ccc(-c3ccc4c(c3)C(c3ccccc3)(c3ccccc3)c3cc(N(c5ccccc5)c5ccccc5)c5ccccc5c3-4)cc2)cc1. The van der Waals surface area contributed by atoms with Crippen LogP contribution in [0, 0.1) is 0 Å². The Bertz CT molecular complexity index is 2980. The van der Waals surface area contributed by atoms with Crippen molar-refractivity contribution in [3.63, 3.8) is 0 Å². The average molecular weight is 779 g/mol. The number of rotatable bonds is 9. The number of para-hydroxylation sites is 4. The monoisotopic (exact) mass is 778 g/mol. The highest BCUT2D eigenvalue weighted by atomic mass is 15.1. The van der Waals surface area contributed by atoms with Crippen molar-refractivity contribution < 1.29 is 0 Å². The van der Waals surface area contributed by atoms with Gasteiger partial charge >= 0.3 is 0 Å². The molecule has 61 heavy (non-hydrogen) atoms. The van der Waals surface area contributed by atoms with Gasteiger partial charge in [-0.25, -0.2) is 0 Å². The molecule has 0 bridgehead atoms. The van der Waals surface area contributed by atoms with Crippen molar-refractivity contribution in [2.75, 3.05) is 9.80 Å². The van der Waals surface area contributed by atoms with E-state index in [-0.39, 0.29) is 0 Å². The lowest BCUT2D eigenvalue weighted by Crippen LogP contribution is -2.29. The third-order valence-corrected chi connectivity index (χ3v) is 12.3. The van der Waals surface area contributed by atoms with Gasteiger partial charge in [-0.2, -0.15) is 0 Å². The molecule has 2 nitrogen and oxygen atoms in total. The van der Waals surface area contributed by atoms with E-state index in [0.29, 0.717) is 0 Å². The van der Waals surface area contributed by atoms with E-state index in [4.69, 9.17) is 0 Å². The van der Waals surface area contributed by atoms with Gasteiger partial charge in [-0.1, -0.05) is 182 Å². The van der Waals surface area contributed by atoms with E-state index in [1.165, 1.54) is 55.3 Å². The molecule has 0 unspecified atom stereocenters. The molecular weight excluding hydrogens is 737 g/mol. The summed E-state index contributed by atoms with van der Waals surface area (Å²) in [6.07, 6.45) is 0. The van der Waals surface area contributed by atoms with Crippen LogP contribution in [-0.4, -0.2) is 0 Å². The highest BCUT2D eigenvalue weighted by Gasteiger charge is 2.47. The summed E-state index contributed by atoms with van der Waals surface area (Å²) < 4.78 is 0. The van der Waals surface area contributed by atoms with Crippen molar-refractivity contribution in [2.24, 2.45) is 0 Å². The van der Waals surface area contributed by atoms with Crippen LogP contribution < -0.4 is 9.80 Å². The Balaban J connectivity index is 1.15. The summed E-state index contributed by atoms with van der Waals surface area (Å²) in [4.78, 5) is 4.74. The standard InChI is InChI=1S/C59H42N2/c1-7-21-45(22-8-1)59(46-23-9-2-10-24-46)55-41-44(43-35-38-51(39-36-43)60(47-25-11-3-12-26-47)48-27-13-4-14-28-48)37-40-54(55)58-53-34-20-19-33-52(53)57(42-56(58)59)61(49-29-15-5-16-30-49)50-31-17-6-18-32-50/h1-42H. The van der Waals surface area contributed by atoms with Gasteiger partial charge in [-0.05, 0) is 123 Å². The molecule has 0 aliphatic heterocycles. The lowest BCUT2D eigenvalue weighted by molar-refractivity contribution is 0.769. The second-order valence-electron chi connectivity index (χ2n) is 15.7. The van der Waals surface area contributed by atoms with Gasteiger partial charge in [0.2, 0.25) is 0 Å².